The normalized spacial score (nSPS) is 19.4. The molecule has 6 rings (SSSR count). The molecule has 2 fully saturated rings. The summed E-state index contributed by atoms with van der Waals surface area (Å²) in [7, 11) is -7.83. The fourth-order valence-electron chi connectivity index (χ4n) is 7.66. The van der Waals surface area contributed by atoms with Crippen LogP contribution in [0.2, 0.25) is 0 Å². The molecule has 11 nitrogen and oxygen atoms in total. The summed E-state index contributed by atoms with van der Waals surface area (Å²) >= 11 is 0. The minimum Gasteiger partial charge on any atom is -0.494 e. The van der Waals surface area contributed by atoms with E-state index in [4.69, 9.17) is 4.74 Å². The molecule has 0 unspecified atom stereocenters. The highest BCUT2D eigenvalue weighted by Gasteiger charge is 2.35. The second-order valence-electron chi connectivity index (χ2n) is 14.7. The molecule has 1 saturated heterocycles. The van der Waals surface area contributed by atoms with Gasteiger partial charge in [0.2, 0.25) is 20.0 Å². The second-order valence-corrected chi connectivity index (χ2v) is 18.6. The topological polar surface area (TPSA) is 125 Å². The van der Waals surface area contributed by atoms with Gasteiger partial charge in [-0.2, -0.15) is 8.61 Å². The third-order valence-corrected chi connectivity index (χ3v) is 14.3. The van der Waals surface area contributed by atoms with E-state index in [0.29, 0.717) is 60.7 Å². The van der Waals surface area contributed by atoms with Gasteiger partial charge < -0.3 is 9.64 Å². The van der Waals surface area contributed by atoms with E-state index < -0.39 is 20.0 Å². The molecule has 13 heteroatoms. The molecule has 0 spiro atoms. The van der Waals surface area contributed by atoms with Gasteiger partial charge >= 0.3 is 0 Å². The van der Waals surface area contributed by atoms with Crippen LogP contribution in [-0.4, -0.2) is 106 Å². The minimum absolute atomic E-state index is 0.0122. The van der Waals surface area contributed by atoms with Crippen molar-refractivity contribution in [2.24, 2.45) is 5.92 Å². The third kappa shape index (κ3) is 9.49. The van der Waals surface area contributed by atoms with Crippen LogP contribution in [-0.2, 0) is 20.0 Å². The van der Waals surface area contributed by atoms with Crippen molar-refractivity contribution in [2.75, 3.05) is 59.0 Å². The Morgan fingerprint density at radius 1 is 0.685 bits per heavy atom. The van der Waals surface area contributed by atoms with E-state index in [0.717, 1.165) is 18.7 Å². The van der Waals surface area contributed by atoms with E-state index in [1.54, 1.807) is 60.7 Å². The van der Waals surface area contributed by atoms with Crippen molar-refractivity contribution >= 4 is 31.9 Å². The van der Waals surface area contributed by atoms with Crippen LogP contribution < -0.4 is 4.74 Å². The Balaban J connectivity index is 1.13. The summed E-state index contributed by atoms with van der Waals surface area (Å²) < 4.78 is 64.9. The Labute approximate surface area is 320 Å². The highest BCUT2D eigenvalue weighted by atomic mass is 32.2. The maximum Gasteiger partial charge on any atom is 0.261 e. The molecule has 54 heavy (non-hydrogen) atoms. The number of benzene rings is 3. The van der Waals surface area contributed by atoms with Crippen molar-refractivity contribution in [3.63, 3.8) is 0 Å². The first-order valence-corrected chi connectivity index (χ1v) is 22.0. The molecule has 0 aromatic heterocycles. The number of carbonyl (C=O) groups is 2. The van der Waals surface area contributed by atoms with E-state index >= 15 is 0 Å². The number of imide groups is 1. The number of aryl methyl sites for hydroxylation is 1. The highest BCUT2D eigenvalue weighted by Crippen LogP contribution is 2.27. The summed E-state index contributed by atoms with van der Waals surface area (Å²) in [5, 5.41) is 0. The van der Waals surface area contributed by atoms with Gasteiger partial charge in [0.15, 0.2) is 0 Å². The van der Waals surface area contributed by atoms with Crippen LogP contribution in [0.15, 0.2) is 94.7 Å². The molecule has 2 heterocycles. The SMILES string of the molecule is C=C1CN(S(=O)(=O)c2ccc(C)cc2)CCCN(CC2CCCCC2)CCCN(S(=O)(=O)c2ccc(OCCCN3C(=O)c4ccccc4C3=O)cc2)C1. The van der Waals surface area contributed by atoms with Crippen LogP contribution >= 0.6 is 0 Å². The zero-order valence-corrected chi connectivity index (χ0v) is 32.8. The molecular formula is C41H52N4O7S2. The number of nitrogens with zero attached hydrogens (tertiary/aromatic N) is 4. The molecule has 0 atom stereocenters. The van der Waals surface area contributed by atoms with Gasteiger partial charge in [-0.1, -0.05) is 55.7 Å². The average molecular weight is 777 g/mol. The van der Waals surface area contributed by atoms with Crippen molar-refractivity contribution in [3.8, 4) is 5.75 Å². The molecule has 3 aromatic carbocycles. The lowest BCUT2D eigenvalue weighted by Crippen LogP contribution is -2.42. The van der Waals surface area contributed by atoms with Gasteiger partial charge in [0.1, 0.15) is 5.75 Å². The zero-order valence-electron chi connectivity index (χ0n) is 31.2. The Bertz CT molecular complexity index is 1980. The maximum atomic E-state index is 14.2. The Morgan fingerprint density at radius 2 is 1.20 bits per heavy atom. The molecule has 1 saturated carbocycles. The van der Waals surface area contributed by atoms with E-state index in [1.807, 2.05) is 6.92 Å². The van der Waals surface area contributed by atoms with E-state index in [9.17, 15) is 26.4 Å². The lowest BCUT2D eigenvalue weighted by atomic mass is 9.89. The molecule has 3 aliphatic rings. The molecular weight excluding hydrogens is 725 g/mol. The standard InChI is InChI=1S/C41H52N4O7S2/c1-32-15-19-36(20-16-32)53(48,49)43-25-8-23-42(31-34-11-4-3-5-12-34)24-9-26-44(30-33(2)29-43)54(50,51)37-21-17-35(18-22-37)52-28-10-27-45-40(46)38-13-6-7-14-39(38)41(45)47/h6-7,13-22,34H,2-5,8-12,23-31H2,1H3. The van der Waals surface area contributed by atoms with E-state index in [-0.39, 0.29) is 54.4 Å². The summed E-state index contributed by atoms with van der Waals surface area (Å²) in [6, 6.07) is 19.8. The summed E-state index contributed by atoms with van der Waals surface area (Å²) in [5.41, 5.74) is 2.27. The number of amides is 2. The summed E-state index contributed by atoms with van der Waals surface area (Å²) in [6.07, 6.45) is 7.84. The van der Waals surface area contributed by atoms with Gasteiger partial charge in [0, 0.05) is 39.3 Å². The third-order valence-electron chi connectivity index (χ3n) is 10.6. The fourth-order valence-corrected chi connectivity index (χ4v) is 10.7. The quantitative estimate of drug-likeness (QED) is 0.133. The second kappa shape index (κ2) is 17.7. The first kappa shape index (κ1) is 39.8. The van der Waals surface area contributed by atoms with Crippen molar-refractivity contribution in [2.45, 2.75) is 68.1 Å². The Kier molecular flexibility index (Phi) is 13.1. The Hall–Kier alpha value is -3.88. The molecule has 290 valence electrons. The van der Waals surface area contributed by atoms with Crippen LogP contribution in [0.25, 0.3) is 0 Å². The van der Waals surface area contributed by atoms with Gasteiger partial charge in [-0.05, 0) is 112 Å². The molecule has 0 N–H and O–H groups in total. The number of ether oxygens (including phenoxy) is 1. The molecule has 0 radical (unpaired) electrons. The smallest absolute Gasteiger partial charge is 0.261 e. The van der Waals surface area contributed by atoms with Gasteiger partial charge in [-0.3, -0.25) is 14.5 Å². The lowest BCUT2D eigenvalue weighted by molar-refractivity contribution is 0.0646. The molecule has 1 aliphatic carbocycles. The number of hydrogen-bond donors (Lipinski definition) is 0. The van der Waals surface area contributed by atoms with Crippen LogP contribution in [0.5, 0.6) is 5.75 Å². The van der Waals surface area contributed by atoms with Crippen LogP contribution in [0.4, 0.5) is 0 Å². The van der Waals surface area contributed by atoms with Crippen LogP contribution in [0.1, 0.15) is 77.6 Å². The molecule has 2 amide bonds. The summed E-state index contributed by atoms with van der Waals surface area (Å²) in [4.78, 5) is 29.2. The largest absolute Gasteiger partial charge is 0.494 e. The van der Waals surface area contributed by atoms with Crippen molar-refractivity contribution in [3.05, 3.63) is 102 Å². The van der Waals surface area contributed by atoms with E-state index in [2.05, 4.69) is 11.5 Å². The van der Waals surface area contributed by atoms with Crippen molar-refractivity contribution in [1.29, 1.82) is 0 Å². The fraction of sp³-hybridized carbons (Fsp3) is 0.463. The number of rotatable bonds is 11. The summed E-state index contributed by atoms with van der Waals surface area (Å²) in [5.74, 6) is 0.436. The van der Waals surface area contributed by atoms with Gasteiger partial charge in [0.05, 0.1) is 27.5 Å². The first-order chi connectivity index (χ1) is 25.9. The van der Waals surface area contributed by atoms with Crippen molar-refractivity contribution in [1.82, 2.24) is 18.4 Å². The Morgan fingerprint density at radius 3 is 1.74 bits per heavy atom. The lowest BCUT2D eigenvalue weighted by Gasteiger charge is -2.33. The van der Waals surface area contributed by atoms with Gasteiger partial charge in [-0.25, -0.2) is 16.8 Å². The van der Waals surface area contributed by atoms with Gasteiger partial charge in [-0.15, -0.1) is 0 Å². The molecule has 2 aliphatic heterocycles. The number of carbonyl (C=O) groups excluding carboxylic acids is 2. The molecule has 3 aromatic rings. The van der Waals surface area contributed by atoms with Crippen LogP contribution in [0, 0.1) is 12.8 Å². The number of fused-ring (bicyclic) bond motifs is 1. The summed E-state index contributed by atoms with van der Waals surface area (Å²) in [6.45, 7) is 9.48. The predicted molar refractivity (Wildman–Crippen MR) is 208 cm³/mol. The first-order valence-electron chi connectivity index (χ1n) is 19.1. The van der Waals surface area contributed by atoms with E-state index in [1.165, 1.54) is 57.7 Å². The molecule has 0 bridgehead atoms. The maximum absolute atomic E-state index is 14.2. The minimum atomic E-state index is -3.98. The zero-order chi connectivity index (χ0) is 38.3. The highest BCUT2D eigenvalue weighted by molar-refractivity contribution is 7.89. The average Bonchev–Trinajstić information content (AvgIpc) is 3.40. The van der Waals surface area contributed by atoms with Crippen molar-refractivity contribution < 1.29 is 31.2 Å². The monoisotopic (exact) mass is 776 g/mol. The number of sulfonamides is 2. The predicted octanol–water partition coefficient (Wildman–Crippen LogP) is 5.97. The van der Waals surface area contributed by atoms with Gasteiger partial charge in [0.25, 0.3) is 11.8 Å². The van der Waals surface area contributed by atoms with Crippen LogP contribution in [0.3, 0.4) is 0 Å². The number of hydrogen-bond acceptors (Lipinski definition) is 8.